The van der Waals surface area contributed by atoms with E-state index in [9.17, 15) is 4.79 Å². The summed E-state index contributed by atoms with van der Waals surface area (Å²) in [5, 5.41) is 0. The molecule has 1 aromatic rings. The Morgan fingerprint density at radius 1 is 1.06 bits per heavy atom. The Kier molecular flexibility index (Phi) is 4.46. The first-order valence-corrected chi connectivity index (χ1v) is 7.77. The highest BCUT2D eigenvalue weighted by atomic mass is 32.2. The van der Waals surface area contributed by atoms with Gasteiger partial charge in [-0.15, -0.1) is 0 Å². The van der Waals surface area contributed by atoms with Crippen molar-refractivity contribution in [1.29, 1.82) is 0 Å². The van der Waals surface area contributed by atoms with Gasteiger partial charge >= 0.3 is 0 Å². The molecule has 2 heteroatoms. The highest BCUT2D eigenvalue weighted by Gasteiger charge is 2.24. The molecule has 0 spiro atoms. The third kappa shape index (κ3) is 3.67. The van der Waals surface area contributed by atoms with Crippen molar-refractivity contribution < 1.29 is 4.79 Å². The van der Waals surface area contributed by atoms with Crippen LogP contribution in [0.5, 0.6) is 0 Å². The molecule has 0 bridgehead atoms. The second-order valence-electron chi connectivity index (χ2n) is 4.43. The summed E-state index contributed by atoms with van der Waals surface area (Å²) >= 11 is 0. The third-order valence-electron chi connectivity index (χ3n) is 2.98. The molecule has 2 rings (SSSR count). The monoisotopic (exact) mass is 235 g/mol. The number of hydrogen-bond donors (Lipinski definition) is 0. The van der Waals surface area contributed by atoms with Crippen molar-refractivity contribution in [2.45, 2.75) is 25.7 Å². The summed E-state index contributed by atoms with van der Waals surface area (Å²) in [5.74, 6) is 3.84. The molecular weight excluding hydrogens is 216 g/mol. The first kappa shape index (κ1) is 11.7. The summed E-state index contributed by atoms with van der Waals surface area (Å²) < 4.78 is 0. The Hall–Kier alpha value is -0.760. The number of benzene rings is 1. The molecule has 0 amide bonds. The van der Waals surface area contributed by atoms with Gasteiger partial charge in [-0.1, -0.05) is 30.3 Å². The smallest absolute Gasteiger partial charge is 0.186 e. The summed E-state index contributed by atoms with van der Waals surface area (Å²) in [6.45, 7) is 0. The van der Waals surface area contributed by atoms with Crippen molar-refractivity contribution in [3.63, 3.8) is 0 Å². The van der Waals surface area contributed by atoms with Crippen LogP contribution in [0.4, 0.5) is 0 Å². The minimum atomic E-state index is 0.402. The van der Waals surface area contributed by atoms with Crippen LogP contribution >= 0.6 is 0 Å². The molecule has 1 fully saturated rings. The van der Waals surface area contributed by atoms with Gasteiger partial charge in [-0.25, -0.2) is 0 Å². The average Bonchev–Trinajstić information content (AvgIpc) is 2.31. The SMILES string of the molecule is O=C(Cc1ccccc1)C[S+]1CCCCC1. The Balaban J connectivity index is 1.80. The fraction of sp³-hybridized carbons (Fsp3) is 0.500. The lowest BCUT2D eigenvalue weighted by Crippen LogP contribution is -2.26. The summed E-state index contributed by atoms with van der Waals surface area (Å²) in [5.41, 5.74) is 1.16. The number of rotatable bonds is 4. The van der Waals surface area contributed by atoms with Gasteiger partial charge in [0.2, 0.25) is 0 Å². The lowest BCUT2D eigenvalue weighted by molar-refractivity contribution is -0.116. The normalized spacial score (nSPS) is 17.2. The molecule has 1 heterocycles. The lowest BCUT2D eigenvalue weighted by Gasteiger charge is -2.12. The van der Waals surface area contributed by atoms with Gasteiger partial charge in [0.1, 0.15) is 11.5 Å². The molecule has 0 radical (unpaired) electrons. The molecule has 1 saturated heterocycles. The summed E-state index contributed by atoms with van der Waals surface area (Å²) in [6.07, 6.45) is 4.67. The molecule has 1 aromatic carbocycles. The van der Waals surface area contributed by atoms with Crippen LogP contribution in [0.15, 0.2) is 30.3 Å². The van der Waals surface area contributed by atoms with Gasteiger partial charge < -0.3 is 0 Å². The van der Waals surface area contributed by atoms with Crippen molar-refractivity contribution in [3.8, 4) is 0 Å². The van der Waals surface area contributed by atoms with Crippen LogP contribution < -0.4 is 0 Å². The van der Waals surface area contributed by atoms with E-state index in [0.717, 1.165) is 11.3 Å². The minimum absolute atomic E-state index is 0.402. The van der Waals surface area contributed by atoms with Gasteiger partial charge in [-0.05, 0) is 35.7 Å². The van der Waals surface area contributed by atoms with Gasteiger partial charge in [0.05, 0.1) is 0 Å². The maximum atomic E-state index is 11.9. The van der Waals surface area contributed by atoms with Gasteiger partial charge in [-0.3, -0.25) is 4.79 Å². The van der Waals surface area contributed by atoms with Crippen molar-refractivity contribution in [1.82, 2.24) is 0 Å². The van der Waals surface area contributed by atoms with Crippen LogP contribution in [0.25, 0.3) is 0 Å². The van der Waals surface area contributed by atoms with E-state index in [-0.39, 0.29) is 0 Å². The van der Waals surface area contributed by atoms with Crippen LogP contribution in [-0.4, -0.2) is 23.0 Å². The van der Waals surface area contributed by atoms with E-state index in [0.29, 0.717) is 23.1 Å². The van der Waals surface area contributed by atoms with Gasteiger partial charge in [0, 0.05) is 6.42 Å². The molecule has 0 N–H and O–H groups in total. The number of carbonyl (C=O) groups excluding carboxylic acids is 1. The molecule has 0 aliphatic carbocycles. The Morgan fingerprint density at radius 3 is 2.44 bits per heavy atom. The van der Waals surface area contributed by atoms with E-state index in [1.54, 1.807) is 0 Å². The number of hydrogen-bond acceptors (Lipinski definition) is 1. The minimum Gasteiger partial charge on any atom is -0.294 e. The second kappa shape index (κ2) is 6.09. The molecule has 16 heavy (non-hydrogen) atoms. The van der Waals surface area contributed by atoms with E-state index >= 15 is 0 Å². The predicted molar refractivity (Wildman–Crippen MR) is 71.0 cm³/mol. The van der Waals surface area contributed by atoms with E-state index in [4.69, 9.17) is 0 Å². The van der Waals surface area contributed by atoms with E-state index < -0.39 is 0 Å². The molecule has 1 aliphatic rings. The molecule has 1 aliphatic heterocycles. The number of carbonyl (C=O) groups is 1. The fourth-order valence-corrected chi connectivity index (χ4v) is 4.41. The number of Topliss-reactive ketones (excluding diaryl/α,β-unsaturated/α-hetero) is 1. The molecular formula is C14H19OS+. The highest BCUT2D eigenvalue weighted by molar-refractivity contribution is 7.97. The van der Waals surface area contributed by atoms with Gasteiger partial charge in [0.25, 0.3) is 0 Å². The van der Waals surface area contributed by atoms with Crippen LogP contribution in [0.1, 0.15) is 24.8 Å². The summed E-state index contributed by atoms with van der Waals surface area (Å²) in [7, 11) is 0.402. The second-order valence-corrected chi connectivity index (χ2v) is 6.76. The number of ketones is 1. The Bertz CT molecular complexity index is 328. The predicted octanol–water partition coefficient (Wildman–Crippen LogP) is 2.60. The maximum Gasteiger partial charge on any atom is 0.186 e. The Morgan fingerprint density at radius 2 is 1.75 bits per heavy atom. The quantitative estimate of drug-likeness (QED) is 0.733. The largest absolute Gasteiger partial charge is 0.294 e. The van der Waals surface area contributed by atoms with E-state index in [2.05, 4.69) is 0 Å². The molecule has 0 unspecified atom stereocenters. The van der Waals surface area contributed by atoms with Crippen molar-refractivity contribution in [2.24, 2.45) is 0 Å². The molecule has 0 saturated carbocycles. The standard InChI is InChI=1S/C14H19OS/c15-14(11-13-7-3-1-4-8-13)12-16-9-5-2-6-10-16/h1,3-4,7-8H,2,5-6,9-12H2/q+1. The van der Waals surface area contributed by atoms with E-state index in [1.165, 1.54) is 30.8 Å². The summed E-state index contributed by atoms with van der Waals surface area (Å²) in [4.78, 5) is 11.9. The van der Waals surface area contributed by atoms with Crippen LogP contribution in [0.3, 0.4) is 0 Å². The van der Waals surface area contributed by atoms with Gasteiger partial charge in [0.15, 0.2) is 11.5 Å². The topological polar surface area (TPSA) is 17.1 Å². The highest BCUT2D eigenvalue weighted by Crippen LogP contribution is 2.14. The van der Waals surface area contributed by atoms with Crippen LogP contribution in [0, 0.1) is 0 Å². The zero-order valence-corrected chi connectivity index (χ0v) is 10.5. The zero-order valence-electron chi connectivity index (χ0n) is 9.65. The maximum absolute atomic E-state index is 11.9. The van der Waals surface area contributed by atoms with Crippen LogP contribution in [0.2, 0.25) is 0 Å². The molecule has 86 valence electrons. The molecule has 0 atom stereocenters. The molecule has 0 aromatic heterocycles. The molecule has 1 nitrogen and oxygen atoms in total. The van der Waals surface area contributed by atoms with Crippen LogP contribution in [-0.2, 0) is 22.1 Å². The van der Waals surface area contributed by atoms with Crippen molar-refractivity contribution in [2.75, 3.05) is 17.3 Å². The lowest BCUT2D eigenvalue weighted by atomic mass is 10.1. The zero-order chi connectivity index (χ0) is 11.2. The van der Waals surface area contributed by atoms with E-state index in [1.807, 2.05) is 30.3 Å². The average molecular weight is 235 g/mol. The first-order chi connectivity index (χ1) is 7.84. The van der Waals surface area contributed by atoms with Gasteiger partial charge in [-0.2, -0.15) is 0 Å². The Labute approximate surface area is 101 Å². The van der Waals surface area contributed by atoms with Crippen molar-refractivity contribution in [3.05, 3.63) is 35.9 Å². The summed E-state index contributed by atoms with van der Waals surface area (Å²) in [6, 6.07) is 10.1. The van der Waals surface area contributed by atoms with Crippen molar-refractivity contribution >= 4 is 16.7 Å². The fourth-order valence-electron chi connectivity index (χ4n) is 2.14. The first-order valence-electron chi connectivity index (χ1n) is 6.04. The third-order valence-corrected chi connectivity index (χ3v) is 5.44.